The maximum absolute atomic E-state index is 12.3. The minimum atomic E-state index is -0.251. The van der Waals surface area contributed by atoms with Crippen molar-refractivity contribution in [2.24, 2.45) is 0 Å². The number of nitrogens with one attached hydrogen (secondary N) is 2. The number of pyridine rings is 1. The number of nitrogens with zero attached hydrogens (tertiary/aromatic N) is 1. The maximum Gasteiger partial charge on any atom is 0.255 e. The highest BCUT2D eigenvalue weighted by molar-refractivity contribution is 6.04. The van der Waals surface area contributed by atoms with Gasteiger partial charge in [-0.3, -0.25) is 9.59 Å². The van der Waals surface area contributed by atoms with Gasteiger partial charge < -0.3 is 21.1 Å². The number of nitrogens with two attached hydrogens (primary N) is 1. The highest BCUT2D eigenvalue weighted by Gasteiger charge is 2.07. The van der Waals surface area contributed by atoms with Crippen LogP contribution in [0.4, 0.5) is 11.5 Å². The Morgan fingerprint density at radius 1 is 1.07 bits per heavy atom. The van der Waals surface area contributed by atoms with Crippen LogP contribution in [-0.4, -0.2) is 23.9 Å². The normalized spacial score (nSPS) is 10.6. The van der Waals surface area contributed by atoms with E-state index in [0.717, 1.165) is 16.9 Å². The zero-order valence-corrected chi connectivity index (χ0v) is 16.5. The van der Waals surface area contributed by atoms with Crippen molar-refractivity contribution in [1.82, 2.24) is 10.3 Å². The Labute approximate surface area is 174 Å². The van der Waals surface area contributed by atoms with Gasteiger partial charge in [0.25, 0.3) is 5.91 Å². The highest BCUT2D eigenvalue weighted by atomic mass is 16.5. The van der Waals surface area contributed by atoms with Gasteiger partial charge in [0.1, 0.15) is 11.6 Å². The summed E-state index contributed by atoms with van der Waals surface area (Å²) in [5.41, 5.74) is 8.47. The molecular weight excluding hydrogens is 380 g/mol. The number of ether oxygens (including phenoxy) is 1. The maximum atomic E-state index is 12.3. The molecule has 0 unspecified atom stereocenters. The van der Waals surface area contributed by atoms with E-state index < -0.39 is 0 Å². The van der Waals surface area contributed by atoms with Crippen LogP contribution < -0.4 is 21.1 Å². The molecule has 0 aliphatic rings. The molecule has 7 nitrogen and oxygen atoms in total. The fourth-order valence-electron chi connectivity index (χ4n) is 2.64. The van der Waals surface area contributed by atoms with Gasteiger partial charge in [-0.15, -0.1) is 0 Å². The molecule has 0 aliphatic heterocycles. The SMILES string of the molecule is COc1ccc(/C=C/C(=O)NCc2ccc(C(=O)Nc3ccnc(N)c3)cc2)cc1. The van der Waals surface area contributed by atoms with Crippen molar-refractivity contribution < 1.29 is 14.3 Å². The summed E-state index contributed by atoms with van der Waals surface area (Å²) in [6.07, 6.45) is 4.73. The predicted octanol–water partition coefficient (Wildman–Crippen LogP) is 3.25. The number of nitrogen functional groups attached to an aromatic ring is 1. The number of carbonyl (C=O) groups excluding carboxylic acids is 2. The molecule has 3 aromatic rings. The fourth-order valence-corrected chi connectivity index (χ4v) is 2.64. The fraction of sp³-hybridized carbons (Fsp3) is 0.0870. The summed E-state index contributed by atoms with van der Waals surface area (Å²) in [6, 6.07) is 17.6. The van der Waals surface area contributed by atoms with Crippen LogP contribution in [0, 0.1) is 0 Å². The Morgan fingerprint density at radius 3 is 2.47 bits per heavy atom. The van der Waals surface area contributed by atoms with E-state index in [-0.39, 0.29) is 11.8 Å². The van der Waals surface area contributed by atoms with Crippen LogP contribution in [0.3, 0.4) is 0 Å². The molecule has 0 fully saturated rings. The number of hydrogen-bond acceptors (Lipinski definition) is 5. The number of anilines is 2. The molecule has 7 heteroatoms. The molecule has 2 amide bonds. The van der Waals surface area contributed by atoms with Gasteiger partial charge in [-0.05, 0) is 47.5 Å². The number of hydrogen-bond donors (Lipinski definition) is 3. The molecule has 0 radical (unpaired) electrons. The lowest BCUT2D eigenvalue weighted by atomic mass is 10.1. The first-order valence-electron chi connectivity index (χ1n) is 9.25. The molecule has 3 rings (SSSR count). The van der Waals surface area contributed by atoms with E-state index >= 15 is 0 Å². The summed E-state index contributed by atoms with van der Waals surface area (Å²) >= 11 is 0. The van der Waals surface area contributed by atoms with Gasteiger partial charge in [-0.25, -0.2) is 4.98 Å². The van der Waals surface area contributed by atoms with E-state index in [9.17, 15) is 9.59 Å². The standard InChI is InChI=1S/C23H22N4O3/c1-30-20-9-4-16(5-10-20)6-11-22(28)26-15-17-2-7-18(8-3-17)23(29)27-19-12-13-25-21(24)14-19/h2-14H,15H2,1H3,(H,26,28)(H3,24,25,27,29)/b11-6+. The van der Waals surface area contributed by atoms with E-state index in [2.05, 4.69) is 15.6 Å². The van der Waals surface area contributed by atoms with Gasteiger partial charge in [0.15, 0.2) is 0 Å². The molecule has 0 aliphatic carbocycles. The minimum absolute atomic E-state index is 0.206. The molecule has 0 bridgehead atoms. The van der Waals surface area contributed by atoms with Crippen LogP contribution in [0.2, 0.25) is 0 Å². The number of methoxy groups -OCH3 is 1. The summed E-state index contributed by atoms with van der Waals surface area (Å²) in [4.78, 5) is 28.2. The third-order valence-electron chi connectivity index (χ3n) is 4.26. The summed E-state index contributed by atoms with van der Waals surface area (Å²) in [7, 11) is 1.61. The Morgan fingerprint density at radius 2 is 1.80 bits per heavy atom. The van der Waals surface area contributed by atoms with Crippen molar-refractivity contribution in [2.45, 2.75) is 6.54 Å². The lowest BCUT2D eigenvalue weighted by Gasteiger charge is -2.07. The zero-order chi connectivity index (χ0) is 21.3. The second kappa shape index (κ2) is 9.88. The van der Waals surface area contributed by atoms with Crippen molar-refractivity contribution in [2.75, 3.05) is 18.2 Å². The van der Waals surface area contributed by atoms with Crippen molar-refractivity contribution in [1.29, 1.82) is 0 Å². The van der Waals surface area contributed by atoms with Crippen LogP contribution in [0.1, 0.15) is 21.5 Å². The van der Waals surface area contributed by atoms with E-state index in [1.54, 1.807) is 49.6 Å². The second-order valence-electron chi connectivity index (χ2n) is 6.44. The number of carbonyl (C=O) groups is 2. The van der Waals surface area contributed by atoms with E-state index in [4.69, 9.17) is 10.5 Å². The molecule has 0 saturated heterocycles. The molecule has 0 atom stereocenters. The minimum Gasteiger partial charge on any atom is -0.497 e. The molecule has 2 aromatic carbocycles. The van der Waals surface area contributed by atoms with Gasteiger partial charge in [0.2, 0.25) is 5.91 Å². The molecule has 1 aromatic heterocycles. The average Bonchev–Trinajstić information content (AvgIpc) is 2.77. The van der Waals surface area contributed by atoms with Crippen LogP contribution in [0.5, 0.6) is 5.75 Å². The summed E-state index contributed by atoms with van der Waals surface area (Å²) in [5, 5.41) is 5.58. The van der Waals surface area contributed by atoms with Crippen molar-refractivity contribution in [3.8, 4) is 5.75 Å². The van der Waals surface area contributed by atoms with Gasteiger partial charge in [0, 0.05) is 36.1 Å². The van der Waals surface area contributed by atoms with Gasteiger partial charge >= 0.3 is 0 Å². The summed E-state index contributed by atoms with van der Waals surface area (Å²) in [5.74, 6) is 0.639. The molecule has 152 valence electrons. The smallest absolute Gasteiger partial charge is 0.255 e. The Kier molecular flexibility index (Phi) is 6.78. The third-order valence-corrected chi connectivity index (χ3v) is 4.26. The summed E-state index contributed by atoms with van der Waals surface area (Å²) in [6.45, 7) is 0.356. The third kappa shape index (κ3) is 5.93. The van der Waals surface area contributed by atoms with Crippen molar-refractivity contribution in [3.63, 3.8) is 0 Å². The molecule has 4 N–H and O–H groups in total. The van der Waals surface area contributed by atoms with E-state index in [1.807, 2.05) is 24.3 Å². The van der Waals surface area contributed by atoms with Gasteiger partial charge in [0.05, 0.1) is 7.11 Å². The topological polar surface area (TPSA) is 106 Å². The summed E-state index contributed by atoms with van der Waals surface area (Å²) < 4.78 is 5.10. The zero-order valence-electron chi connectivity index (χ0n) is 16.5. The molecule has 1 heterocycles. The first-order chi connectivity index (χ1) is 14.5. The monoisotopic (exact) mass is 402 g/mol. The molecule has 0 spiro atoms. The quantitative estimate of drug-likeness (QED) is 0.526. The Hall–Kier alpha value is -4.13. The number of benzene rings is 2. The Bertz CT molecular complexity index is 1040. The van der Waals surface area contributed by atoms with E-state index in [1.165, 1.54) is 12.3 Å². The second-order valence-corrected chi connectivity index (χ2v) is 6.44. The van der Waals surface area contributed by atoms with Gasteiger partial charge in [-0.1, -0.05) is 24.3 Å². The van der Waals surface area contributed by atoms with Crippen molar-refractivity contribution >= 4 is 29.4 Å². The largest absolute Gasteiger partial charge is 0.497 e. The number of aromatic nitrogens is 1. The first kappa shape index (κ1) is 20.6. The van der Waals surface area contributed by atoms with Crippen LogP contribution in [0.15, 0.2) is 72.9 Å². The number of rotatable bonds is 7. The van der Waals surface area contributed by atoms with Gasteiger partial charge in [-0.2, -0.15) is 0 Å². The lowest BCUT2D eigenvalue weighted by Crippen LogP contribution is -2.20. The first-order valence-corrected chi connectivity index (χ1v) is 9.25. The van der Waals surface area contributed by atoms with Crippen molar-refractivity contribution in [3.05, 3.63) is 89.6 Å². The highest BCUT2D eigenvalue weighted by Crippen LogP contribution is 2.13. The van der Waals surface area contributed by atoms with Crippen LogP contribution >= 0.6 is 0 Å². The van der Waals surface area contributed by atoms with Crippen LogP contribution in [0.25, 0.3) is 6.08 Å². The van der Waals surface area contributed by atoms with E-state index in [0.29, 0.717) is 23.6 Å². The molecule has 30 heavy (non-hydrogen) atoms. The number of amides is 2. The Balaban J connectivity index is 1.50. The molecular formula is C23H22N4O3. The molecule has 0 saturated carbocycles. The lowest BCUT2D eigenvalue weighted by molar-refractivity contribution is -0.116. The average molecular weight is 402 g/mol. The predicted molar refractivity (Wildman–Crippen MR) is 117 cm³/mol. The van der Waals surface area contributed by atoms with Crippen LogP contribution in [-0.2, 0) is 11.3 Å².